The average Bonchev–Trinajstić information content (AvgIpc) is 3.21. The van der Waals surface area contributed by atoms with E-state index in [9.17, 15) is 27.6 Å². The van der Waals surface area contributed by atoms with E-state index in [1.165, 1.54) is 0 Å². The van der Waals surface area contributed by atoms with Crippen LogP contribution in [0.4, 0.5) is 13.2 Å². The number of aryl methyl sites for hydroxylation is 2. The highest BCUT2D eigenvalue weighted by Gasteiger charge is 2.32. The van der Waals surface area contributed by atoms with E-state index in [4.69, 9.17) is 0 Å². The lowest BCUT2D eigenvalue weighted by atomic mass is 10.2. The van der Waals surface area contributed by atoms with Gasteiger partial charge in [-0.2, -0.15) is 13.2 Å². The fourth-order valence-corrected chi connectivity index (χ4v) is 3.72. The Morgan fingerprint density at radius 1 is 1.30 bits per heavy atom. The highest BCUT2D eigenvalue weighted by molar-refractivity contribution is 7.20. The van der Waals surface area contributed by atoms with Crippen LogP contribution in [0.25, 0.3) is 10.2 Å². The molecule has 23 heavy (non-hydrogen) atoms. The number of aldehydes is 1. The maximum atomic E-state index is 12.6. The fraction of sp³-hybridized carbons (Fsp3) is 0.500. The molecule has 0 aliphatic heterocycles. The third-order valence-electron chi connectivity index (χ3n) is 3.92. The lowest BCUT2D eigenvalue weighted by molar-refractivity contribution is -0.136. The van der Waals surface area contributed by atoms with Crippen molar-refractivity contribution in [3.8, 4) is 0 Å². The molecule has 1 fully saturated rings. The summed E-state index contributed by atoms with van der Waals surface area (Å²) >= 11 is 0.884. The topological polar surface area (TPSA) is 61.1 Å². The van der Waals surface area contributed by atoms with Crippen molar-refractivity contribution >= 4 is 27.8 Å². The molecule has 2 aromatic heterocycles. The first-order valence-corrected chi connectivity index (χ1v) is 7.86. The number of halogens is 3. The van der Waals surface area contributed by atoms with Gasteiger partial charge in [-0.25, -0.2) is 4.79 Å². The first-order valence-electron chi connectivity index (χ1n) is 7.05. The lowest BCUT2D eigenvalue weighted by Gasteiger charge is -2.12. The number of fused-ring (bicyclic) bond motifs is 1. The summed E-state index contributed by atoms with van der Waals surface area (Å²) in [6.07, 6.45) is -3.71. The number of aromatic nitrogens is 2. The van der Waals surface area contributed by atoms with Gasteiger partial charge in [0.1, 0.15) is 4.83 Å². The normalized spacial score (nSPS) is 15.3. The van der Waals surface area contributed by atoms with Gasteiger partial charge in [-0.15, -0.1) is 11.3 Å². The van der Waals surface area contributed by atoms with Gasteiger partial charge in [-0.05, 0) is 25.3 Å². The van der Waals surface area contributed by atoms with Crippen molar-refractivity contribution in [1.29, 1.82) is 0 Å². The Bertz CT molecular complexity index is 903. The van der Waals surface area contributed by atoms with Crippen molar-refractivity contribution in [1.82, 2.24) is 9.13 Å². The number of carbonyl (C=O) groups excluding carboxylic acids is 1. The summed E-state index contributed by atoms with van der Waals surface area (Å²) in [5.74, 6) is 0. The number of hydrogen-bond donors (Lipinski definition) is 0. The van der Waals surface area contributed by atoms with Gasteiger partial charge < -0.3 is 0 Å². The molecule has 2 aromatic rings. The molecule has 124 valence electrons. The van der Waals surface area contributed by atoms with Gasteiger partial charge in [0.2, 0.25) is 0 Å². The van der Waals surface area contributed by atoms with E-state index in [2.05, 4.69) is 0 Å². The summed E-state index contributed by atoms with van der Waals surface area (Å²) in [4.78, 5) is 36.5. The summed E-state index contributed by atoms with van der Waals surface area (Å²) in [6.45, 7) is 1.00. The van der Waals surface area contributed by atoms with Gasteiger partial charge >= 0.3 is 11.9 Å². The first kappa shape index (κ1) is 16.0. The zero-order valence-electron chi connectivity index (χ0n) is 12.1. The van der Waals surface area contributed by atoms with Crippen LogP contribution < -0.4 is 11.2 Å². The van der Waals surface area contributed by atoms with Crippen LogP contribution in [0.5, 0.6) is 0 Å². The van der Waals surface area contributed by atoms with Crippen molar-refractivity contribution in [2.24, 2.45) is 0 Å². The second-order valence-corrected chi connectivity index (χ2v) is 6.63. The minimum Gasteiger partial charge on any atom is -0.297 e. The molecule has 1 aliphatic carbocycles. The summed E-state index contributed by atoms with van der Waals surface area (Å²) in [7, 11) is 0. The Kier molecular flexibility index (Phi) is 3.70. The van der Waals surface area contributed by atoms with E-state index in [0.717, 1.165) is 20.5 Å². The molecule has 3 rings (SSSR count). The third-order valence-corrected chi connectivity index (χ3v) is 5.16. The SMILES string of the molecule is Cc1c(C=O)sc2c1c(=O)n(C1CC1)c(=O)n2CCC(F)(F)F. The first-order chi connectivity index (χ1) is 10.7. The molecule has 5 nitrogen and oxygen atoms in total. The predicted molar refractivity (Wildman–Crippen MR) is 79.4 cm³/mol. The Hall–Kier alpha value is -1.90. The van der Waals surface area contributed by atoms with Crippen LogP contribution in [-0.4, -0.2) is 21.6 Å². The molecule has 2 heterocycles. The molecule has 1 saturated carbocycles. The molecule has 0 amide bonds. The maximum Gasteiger partial charge on any atom is 0.390 e. The van der Waals surface area contributed by atoms with Crippen LogP contribution in [0.2, 0.25) is 0 Å². The molecule has 0 aromatic carbocycles. The summed E-state index contributed by atoms with van der Waals surface area (Å²) in [5, 5.41) is 0.172. The minimum absolute atomic E-state index is 0.140. The molecule has 0 atom stereocenters. The summed E-state index contributed by atoms with van der Waals surface area (Å²) < 4.78 is 39.6. The van der Waals surface area contributed by atoms with Crippen LogP contribution in [-0.2, 0) is 6.54 Å². The van der Waals surface area contributed by atoms with Crippen LogP contribution in [0.1, 0.15) is 40.5 Å². The number of hydrogen-bond acceptors (Lipinski definition) is 4. The Balaban J connectivity index is 2.30. The average molecular weight is 346 g/mol. The van der Waals surface area contributed by atoms with Crippen LogP contribution in [0.15, 0.2) is 9.59 Å². The van der Waals surface area contributed by atoms with Crippen LogP contribution in [0, 0.1) is 6.92 Å². The number of carbonyl (C=O) groups is 1. The molecule has 0 unspecified atom stereocenters. The van der Waals surface area contributed by atoms with Gasteiger partial charge in [0.05, 0.1) is 16.7 Å². The third kappa shape index (κ3) is 2.73. The Labute approximate surface area is 132 Å². The summed E-state index contributed by atoms with van der Waals surface area (Å²) in [5.41, 5.74) is -0.828. The van der Waals surface area contributed by atoms with E-state index >= 15 is 0 Å². The highest BCUT2D eigenvalue weighted by Crippen LogP contribution is 2.34. The van der Waals surface area contributed by atoms with Crippen molar-refractivity contribution in [2.45, 2.75) is 44.9 Å². The summed E-state index contributed by atoms with van der Waals surface area (Å²) in [6, 6.07) is -0.254. The second-order valence-electron chi connectivity index (χ2n) is 5.60. The molecule has 0 radical (unpaired) electrons. The van der Waals surface area contributed by atoms with E-state index in [1.807, 2.05) is 0 Å². The molecular formula is C14H13F3N2O3S. The van der Waals surface area contributed by atoms with E-state index in [1.54, 1.807) is 6.92 Å². The van der Waals surface area contributed by atoms with E-state index in [0.29, 0.717) is 24.7 Å². The van der Waals surface area contributed by atoms with Gasteiger partial charge in [-0.1, -0.05) is 0 Å². The molecule has 0 saturated heterocycles. The number of alkyl halides is 3. The molecular weight excluding hydrogens is 333 g/mol. The van der Waals surface area contributed by atoms with Crippen LogP contribution >= 0.6 is 11.3 Å². The number of nitrogens with zero attached hydrogens (tertiary/aromatic N) is 2. The molecule has 1 aliphatic rings. The molecule has 0 spiro atoms. The smallest absolute Gasteiger partial charge is 0.297 e. The molecule has 9 heteroatoms. The van der Waals surface area contributed by atoms with Gasteiger partial charge in [0.25, 0.3) is 5.56 Å². The fourth-order valence-electron chi connectivity index (χ4n) is 2.58. The van der Waals surface area contributed by atoms with Crippen LogP contribution in [0.3, 0.4) is 0 Å². The Morgan fingerprint density at radius 2 is 1.96 bits per heavy atom. The highest BCUT2D eigenvalue weighted by atomic mass is 32.1. The largest absolute Gasteiger partial charge is 0.390 e. The molecule has 0 bridgehead atoms. The quantitative estimate of drug-likeness (QED) is 0.800. The van der Waals surface area contributed by atoms with Gasteiger partial charge in [0.15, 0.2) is 6.29 Å². The zero-order valence-corrected chi connectivity index (χ0v) is 13.0. The second kappa shape index (κ2) is 5.33. The number of rotatable bonds is 4. The molecule has 0 N–H and O–H groups in total. The van der Waals surface area contributed by atoms with Crippen molar-refractivity contribution in [3.05, 3.63) is 31.3 Å². The Morgan fingerprint density at radius 3 is 2.48 bits per heavy atom. The maximum absolute atomic E-state index is 12.6. The lowest BCUT2D eigenvalue weighted by Crippen LogP contribution is -2.39. The standard InChI is InChI=1S/C14H13F3N2O3S/c1-7-9(6-20)23-12-10(7)11(21)19(8-2-3-8)13(22)18(12)5-4-14(15,16)17/h6,8H,2-5H2,1H3. The van der Waals surface area contributed by atoms with Crippen molar-refractivity contribution in [3.63, 3.8) is 0 Å². The zero-order chi connectivity index (χ0) is 16.9. The van der Waals surface area contributed by atoms with Gasteiger partial charge in [0, 0.05) is 12.6 Å². The predicted octanol–water partition coefficient (Wildman–Crippen LogP) is 2.63. The minimum atomic E-state index is -4.41. The van der Waals surface area contributed by atoms with Crippen molar-refractivity contribution < 1.29 is 18.0 Å². The number of thiophene rings is 1. The monoisotopic (exact) mass is 346 g/mol. The van der Waals surface area contributed by atoms with E-state index in [-0.39, 0.29) is 21.1 Å². The van der Waals surface area contributed by atoms with E-state index < -0.39 is 30.4 Å². The van der Waals surface area contributed by atoms with Gasteiger partial charge in [-0.3, -0.25) is 18.7 Å². The van der Waals surface area contributed by atoms with Crippen molar-refractivity contribution in [2.75, 3.05) is 0 Å².